The molecule has 1 N–H and O–H groups in total. The van der Waals surface area contributed by atoms with E-state index in [4.69, 9.17) is 4.74 Å². The van der Waals surface area contributed by atoms with E-state index in [0.717, 1.165) is 19.3 Å². The van der Waals surface area contributed by atoms with Crippen LogP contribution >= 0.6 is 0 Å². The fourth-order valence-electron chi connectivity index (χ4n) is 1.85. The molecule has 0 spiro atoms. The molecule has 0 aliphatic rings. The SMILES string of the molecule is CCCCC#CCCC(=O)OCC(C(=O)O)c1ccccc1. The second-order valence-electron chi connectivity index (χ2n) is 4.94. The van der Waals surface area contributed by atoms with Crippen LogP contribution in [0.1, 0.15) is 50.5 Å². The molecule has 0 saturated carbocycles. The highest BCUT2D eigenvalue weighted by molar-refractivity contribution is 5.77. The van der Waals surface area contributed by atoms with Gasteiger partial charge in [-0.2, -0.15) is 0 Å². The molecule has 0 bridgehead atoms. The lowest BCUT2D eigenvalue weighted by Crippen LogP contribution is -2.20. The van der Waals surface area contributed by atoms with Crippen molar-refractivity contribution in [2.75, 3.05) is 6.61 Å². The van der Waals surface area contributed by atoms with Crippen molar-refractivity contribution in [2.45, 2.75) is 44.9 Å². The maximum absolute atomic E-state index is 11.6. The van der Waals surface area contributed by atoms with Gasteiger partial charge in [-0.15, -0.1) is 11.8 Å². The minimum absolute atomic E-state index is 0.151. The first-order valence-corrected chi connectivity index (χ1v) is 7.54. The highest BCUT2D eigenvalue weighted by Crippen LogP contribution is 2.16. The monoisotopic (exact) mass is 302 g/mol. The fraction of sp³-hybridized carbons (Fsp3) is 0.444. The van der Waals surface area contributed by atoms with E-state index in [1.165, 1.54) is 0 Å². The number of aliphatic carboxylic acids is 1. The molecule has 4 nitrogen and oxygen atoms in total. The second kappa shape index (κ2) is 10.4. The van der Waals surface area contributed by atoms with Gasteiger partial charge >= 0.3 is 11.9 Å². The summed E-state index contributed by atoms with van der Waals surface area (Å²) >= 11 is 0. The number of rotatable bonds is 8. The molecule has 0 saturated heterocycles. The number of unbranched alkanes of at least 4 members (excludes halogenated alkanes) is 2. The Labute approximate surface area is 131 Å². The molecular formula is C18H22O4. The third kappa shape index (κ3) is 6.94. The lowest BCUT2D eigenvalue weighted by Gasteiger charge is -2.12. The quantitative estimate of drug-likeness (QED) is 0.454. The van der Waals surface area contributed by atoms with Gasteiger partial charge < -0.3 is 9.84 Å². The molecule has 1 aromatic carbocycles. The Morgan fingerprint density at radius 2 is 1.86 bits per heavy atom. The van der Waals surface area contributed by atoms with Crippen molar-refractivity contribution in [3.8, 4) is 11.8 Å². The normalized spacial score (nSPS) is 11.1. The number of ether oxygens (including phenoxy) is 1. The van der Waals surface area contributed by atoms with Crippen molar-refractivity contribution in [3.63, 3.8) is 0 Å². The first-order chi connectivity index (χ1) is 10.6. The van der Waals surface area contributed by atoms with Gasteiger partial charge in [0.05, 0.1) is 6.42 Å². The van der Waals surface area contributed by atoms with E-state index >= 15 is 0 Å². The minimum Gasteiger partial charge on any atom is -0.481 e. The van der Waals surface area contributed by atoms with Gasteiger partial charge in [0.2, 0.25) is 0 Å². The third-order valence-electron chi connectivity index (χ3n) is 3.15. The summed E-state index contributed by atoms with van der Waals surface area (Å²) in [7, 11) is 0. The van der Waals surface area contributed by atoms with Crippen LogP contribution in [-0.4, -0.2) is 23.7 Å². The van der Waals surface area contributed by atoms with Crippen LogP contribution in [0.3, 0.4) is 0 Å². The molecular weight excluding hydrogens is 280 g/mol. The summed E-state index contributed by atoms with van der Waals surface area (Å²) in [5, 5.41) is 9.22. The zero-order valence-corrected chi connectivity index (χ0v) is 12.9. The summed E-state index contributed by atoms with van der Waals surface area (Å²) in [6, 6.07) is 8.77. The largest absolute Gasteiger partial charge is 0.481 e. The number of esters is 1. The Kier molecular flexibility index (Phi) is 8.44. The van der Waals surface area contributed by atoms with Gasteiger partial charge in [0.1, 0.15) is 12.5 Å². The predicted octanol–water partition coefficient (Wildman–Crippen LogP) is 3.37. The number of benzene rings is 1. The molecule has 118 valence electrons. The number of hydrogen-bond acceptors (Lipinski definition) is 3. The van der Waals surface area contributed by atoms with Crippen molar-refractivity contribution >= 4 is 11.9 Å². The van der Waals surface area contributed by atoms with Crippen LogP contribution in [0.15, 0.2) is 30.3 Å². The molecule has 1 rings (SSSR count). The number of hydrogen-bond donors (Lipinski definition) is 1. The summed E-state index contributed by atoms with van der Waals surface area (Å²) in [6.45, 7) is 1.95. The molecule has 22 heavy (non-hydrogen) atoms. The summed E-state index contributed by atoms with van der Waals surface area (Å²) in [5.41, 5.74) is 0.627. The number of carbonyl (C=O) groups is 2. The lowest BCUT2D eigenvalue weighted by atomic mass is 10.0. The van der Waals surface area contributed by atoms with Gasteiger partial charge in [0, 0.05) is 12.8 Å². The average molecular weight is 302 g/mol. The van der Waals surface area contributed by atoms with Crippen LogP contribution in [0.4, 0.5) is 0 Å². The molecule has 0 aliphatic carbocycles. The van der Waals surface area contributed by atoms with E-state index < -0.39 is 17.9 Å². The van der Waals surface area contributed by atoms with Crippen LogP contribution in [-0.2, 0) is 14.3 Å². The summed E-state index contributed by atoms with van der Waals surface area (Å²) in [4.78, 5) is 22.9. The first-order valence-electron chi connectivity index (χ1n) is 7.54. The van der Waals surface area contributed by atoms with Crippen molar-refractivity contribution in [1.82, 2.24) is 0 Å². The number of carboxylic acids is 1. The van der Waals surface area contributed by atoms with Crippen molar-refractivity contribution in [1.29, 1.82) is 0 Å². The Bertz CT molecular complexity index is 525. The van der Waals surface area contributed by atoms with E-state index in [9.17, 15) is 14.7 Å². The third-order valence-corrected chi connectivity index (χ3v) is 3.15. The van der Waals surface area contributed by atoms with Gasteiger partial charge in [0.25, 0.3) is 0 Å². The molecule has 0 aromatic heterocycles. The summed E-state index contributed by atoms with van der Waals surface area (Å²) in [5.74, 6) is 3.68. The fourth-order valence-corrected chi connectivity index (χ4v) is 1.85. The average Bonchev–Trinajstić information content (AvgIpc) is 2.51. The van der Waals surface area contributed by atoms with Gasteiger partial charge in [-0.3, -0.25) is 9.59 Å². The van der Waals surface area contributed by atoms with Gasteiger partial charge in [-0.25, -0.2) is 0 Å². The van der Waals surface area contributed by atoms with Gasteiger partial charge in [-0.1, -0.05) is 43.7 Å². The first kappa shape index (κ1) is 17.8. The Balaban J connectivity index is 2.37. The molecule has 0 radical (unpaired) electrons. The number of carboxylic acid groups (broad SMARTS) is 1. The highest BCUT2D eigenvalue weighted by atomic mass is 16.5. The van der Waals surface area contributed by atoms with Crippen LogP contribution in [0.2, 0.25) is 0 Å². The van der Waals surface area contributed by atoms with Gasteiger partial charge in [0.15, 0.2) is 0 Å². The van der Waals surface area contributed by atoms with Crippen LogP contribution in [0, 0.1) is 11.8 Å². The topological polar surface area (TPSA) is 63.6 Å². The maximum Gasteiger partial charge on any atom is 0.314 e. The summed E-state index contributed by atoms with van der Waals surface area (Å²) < 4.78 is 5.06. The molecule has 0 heterocycles. The van der Waals surface area contributed by atoms with Crippen LogP contribution in [0.5, 0.6) is 0 Å². The second-order valence-corrected chi connectivity index (χ2v) is 4.94. The molecule has 1 unspecified atom stereocenters. The van der Waals surface area contributed by atoms with E-state index in [2.05, 4.69) is 18.8 Å². The van der Waals surface area contributed by atoms with E-state index in [0.29, 0.717) is 12.0 Å². The minimum atomic E-state index is -1.00. The van der Waals surface area contributed by atoms with E-state index in [1.807, 2.05) is 6.07 Å². The Hall–Kier alpha value is -2.28. The van der Waals surface area contributed by atoms with Crippen LogP contribution in [0.25, 0.3) is 0 Å². The standard InChI is InChI=1S/C18H22O4/c1-2-3-4-5-6-10-13-17(19)22-14-16(18(20)21)15-11-8-7-9-12-15/h7-9,11-12,16H,2-4,10,13-14H2,1H3,(H,20,21). The van der Waals surface area contributed by atoms with Crippen molar-refractivity contribution < 1.29 is 19.4 Å². The number of carbonyl (C=O) groups excluding carboxylic acids is 1. The van der Waals surface area contributed by atoms with Crippen molar-refractivity contribution in [3.05, 3.63) is 35.9 Å². The molecule has 0 fully saturated rings. The highest BCUT2D eigenvalue weighted by Gasteiger charge is 2.21. The zero-order valence-electron chi connectivity index (χ0n) is 12.9. The van der Waals surface area contributed by atoms with Crippen molar-refractivity contribution in [2.24, 2.45) is 0 Å². The molecule has 1 aromatic rings. The lowest BCUT2D eigenvalue weighted by molar-refractivity contribution is -0.148. The predicted molar refractivity (Wildman–Crippen MR) is 84.3 cm³/mol. The van der Waals surface area contributed by atoms with E-state index in [1.54, 1.807) is 24.3 Å². The zero-order chi connectivity index (χ0) is 16.2. The Morgan fingerprint density at radius 1 is 1.18 bits per heavy atom. The molecule has 4 heteroatoms. The van der Waals surface area contributed by atoms with Gasteiger partial charge in [-0.05, 0) is 12.0 Å². The summed E-state index contributed by atoms with van der Waals surface area (Å²) in [6.07, 6.45) is 3.66. The molecule has 0 aliphatic heterocycles. The van der Waals surface area contributed by atoms with E-state index in [-0.39, 0.29) is 13.0 Å². The molecule has 0 amide bonds. The smallest absolute Gasteiger partial charge is 0.314 e. The van der Waals surface area contributed by atoms with Crippen LogP contribution < -0.4 is 0 Å². The Morgan fingerprint density at radius 3 is 2.50 bits per heavy atom. The maximum atomic E-state index is 11.6. The molecule has 1 atom stereocenters.